The number of aliphatic hydroxyl groups is 1. The van der Waals surface area contributed by atoms with Gasteiger partial charge in [0.05, 0.1) is 5.60 Å². The summed E-state index contributed by atoms with van der Waals surface area (Å²) < 4.78 is 0. The molecule has 0 radical (unpaired) electrons. The SMILES string of the molecule is CCC1CCCC(C(C)(O)CCNCC(C)C)C1. The molecule has 0 aliphatic heterocycles. The van der Waals surface area contributed by atoms with Gasteiger partial charge < -0.3 is 10.4 Å². The molecule has 0 spiro atoms. The fourth-order valence-corrected chi connectivity index (χ4v) is 3.16. The van der Waals surface area contributed by atoms with Crippen molar-refractivity contribution < 1.29 is 5.11 Å². The van der Waals surface area contributed by atoms with Crippen molar-refractivity contribution in [1.29, 1.82) is 0 Å². The third-order valence-corrected chi connectivity index (χ3v) is 4.60. The molecule has 0 amide bonds. The first-order chi connectivity index (χ1) is 8.45. The molecule has 0 aromatic rings. The van der Waals surface area contributed by atoms with Crippen molar-refractivity contribution in [1.82, 2.24) is 5.32 Å². The van der Waals surface area contributed by atoms with Gasteiger partial charge in [-0.2, -0.15) is 0 Å². The van der Waals surface area contributed by atoms with Gasteiger partial charge in [0.2, 0.25) is 0 Å². The maximum absolute atomic E-state index is 10.7. The van der Waals surface area contributed by atoms with Crippen LogP contribution in [0.4, 0.5) is 0 Å². The maximum atomic E-state index is 10.7. The Morgan fingerprint density at radius 1 is 1.33 bits per heavy atom. The van der Waals surface area contributed by atoms with E-state index in [2.05, 4.69) is 26.1 Å². The van der Waals surface area contributed by atoms with Crippen LogP contribution in [0.3, 0.4) is 0 Å². The predicted molar refractivity (Wildman–Crippen MR) is 78.7 cm³/mol. The first-order valence-corrected chi connectivity index (χ1v) is 7.88. The van der Waals surface area contributed by atoms with Gasteiger partial charge in [-0.15, -0.1) is 0 Å². The first kappa shape index (κ1) is 16.0. The molecule has 2 N–H and O–H groups in total. The molecule has 1 saturated carbocycles. The predicted octanol–water partition coefficient (Wildman–Crippen LogP) is 3.59. The highest BCUT2D eigenvalue weighted by molar-refractivity contribution is 4.87. The third-order valence-electron chi connectivity index (χ3n) is 4.60. The van der Waals surface area contributed by atoms with Crippen molar-refractivity contribution in [3.8, 4) is 0 Å². The summed E-state index contributed by atoms with van der Waals surface area (Å²) in [6.45, 7) is 10.8. The van der Waals surface area contributed by atoms with Crippen LogP contribution in [0.15, 0.2) is 0 Å². The van der Waals surface area contributed by atoms with E-state index in [1.54, 1.807) is 0 Å². The van der Waals surface area contributed by atoms with Crippen LogP contribution in [0.1, 0.15) is 66.2 Å². The Balaban J connectivity index is 2.32. The molecule has 108 valence electrons. The molecule has 0 heterocycles. The molecule has 1 rings (SSSR count). The Kier molecular flexibility index (Phi) is 6.65. The summed E-state index contributed by atoms with van der Waals surface area (Å²) in [6, 6.07) is 0. The zero-order valence-electron chi connectivity index (χ0n) is 12.8. The smallest absolute Gasteiger partial charge is 0.0660 e. The van der Waals surface area contributed by atoms with Crippen molar-refractivity contribution in [3.63, 3.8) is 0 Å². The van der Waals surface area contributed by atoms with Crippen LogP contribution in [0.25, 0.3) is 0 Å². The van der Waals surface area contributed by atoms with E-state index in [9.17, 15) is 5.11 Å². The normalized spacial score (nSPS) is 28.3. The summed E-state index contributed by atoms with van der Waals surface area (Å²) in [5.41, 5.74) is -0.474. The zero-order chi connectivity index (χ0) is 13.6. The Hall–Kier alpha value is -0.0800. The number of rotatable bonds is 7. The van der Waals surface area contributed by atoms with Gasteiger partial charge in [0.15, 0.2) is 0 Å². The number of hydrogen-bond donors (Lipinski definition) is 2. The molecular weight excluding hydrogens is 222 g/mol. The third kappa shape index (κ3) is 5.27. The van der Waals surface area contributed by atoms with Crippen LogP contribution in [0.5, 0.6) is 0 Å². The molecule has 1 aliphatic carbocycles. The van der Waals surface area contributed by atoms with E-state index in [1.807, 2.05) is 6.92 Å². The van der Waals surface area contributed by atoms with E-state index < -0.39 is 5.60 Å². The summed E-state index contributed by atoms with van der Waals surface area (Å²) in [7, 11) is 0. The molecule has 1 fully saturated rings. The van der Waals surface area contributed by atoms with Crippen LogP contribution in [-0.4, -0.2) is 23.8 Å². The molecule has 18 heavy (non-hydrogen) atoms. The quantitative estimate of drug-likeness (QED) is 0.681. The van der Waals surface area contributed by atoms with Crippen molar-refractivity contribution in [3.05, 3.63) is 0 Å². The van der Waals surface area contributed by atoms with Crippen LogP contribution >= 0.6 is 0 Å². The van der Waals surface area contributed by atoms with Crippen LogP contribution in [-0.2, 0) is 0 Å². The minimum atomic E-state index is -0.474. The number of nitrogens with one attached hydrogen (secondary N) is 1. The second-order valence-corrected chi connectivity index (χ2v) is 6.84. The van der Waals surface area contributed by atoms with E-state index in [1.165, 1.54) is 32.1 Å². The molecule has 2 nitrogen and oxygen atoms in total. The van der Waals surface area contributed by atoms with E-state index in [0.717, 1.165) is 25.4 Å². The average Bonchev–Trinajstić information content (AvgIpc) is 2.34. The minimum Gasteiger partial charge on any atom is -0.390 e. The van der Waals surface area contributed by atoms with E-state index in [-0.39, 0.29) is 0 Å². The zero-order valence-corrected chi connectivity index (χ0v) is 12.8. The highest BCUT2D eigenvalue weighted by Crippen LogP contribution is 2.38. The second kappa shape index (κ2) is 7.49. The summed E-state index contributed by atoms with van der Waals surface area (Å²) in [4.78, 5) is 0. The highest BCUT2D eigenvalue weighted by Gasteiger charge is 2.34. The summed E-state index contributed by atoms with van der Waals surface area (Å²) in [6.07, 6.45) is 7.29. The highest BCUT2D eigenvalue weighted by atomic mass is 16.3. The van der Waals surface area contributed by atoms with Gasteiger partial charge in [-0.1, -0.05) is 40.0 Å². The largest absolute Gasteiger partial charge is 0.390 e. The van der Waals surface area contributed by atoms with E-state index >= 15 is 0 Å². The van der Waals surface area contributed by atoms with Crippen molar-refractivity contribution in [2.75, 3.05) is 13.1 Å². The van der Waals surface area contributed by atoms with Crippen LogP contribution in [0, 0.1) is 17.8 Å². The molecule has 2 heteroatoms. The Morgan fingerprint density at radius 2 is 2.06 bits per heavy atom. The van der Waals surface area contributed by atoms with Crippen molar-refractivity contribution in [2.24, 2.45) is 17.8 Å². The first-order valence-electron chi connectivity index (χ1n) is 7.88. The molecule has 1 aliphatic rings. The Bertz CT molecular complexity index is 225. The van der Waals surface area contributed by atoms with Gasteiger partial charge >= 0.3 is 0 Å². The van der Waals surface area contributed by atoms with Crippen molar-refractivity contribution in [2.45, 2.75) is 71.8 Å². The molecule has 0 saturated heterocycles. The lowest BCUT2D eigenvalue weighted by atomic mass is 9.71. The molecule has 0 bridgehead atoms. The topological polar surface area (TPSA) is 32.3 Å². The molecule has 0 aromatic heterocycles. The summed E-state index contributed by atoms with van der Waals surface area (Å²) >= 11 is 0. The lowest BCUT2D eigenvalue weighted by Gasteiger charge is -2.38. The fraction of sp³-hybridized carbons (Fsp3) is 1.00. The minimum absolute atomic E-state index is 0.474. The Morgan fingerprint density at radius 3 is 2.67 bits per heavy atom. The van der Waals surface area contributed by atoms with E-state index in [4.69, 9.17) is 0 Å². The number of hydrogen-bond acceptors (Lipinski definition) is 2. The van der Waals surface area contributed by atoms with Crippen LogP contribution < -0.4 is 5.32 Å². The summed E-state index contributed by atoms with van der Waals surface area (Å²) in [5.74, 6) is 2.05. The fourth-order valence-electron chi connectivity index (χ4n) is 3.16. The van der Waals surface area contributed by atoms with Crippen molar-refractivity contribution >= 4 is 0 Å². The molecule has 3 unspecified atom stereocenters. The van der Waals surface area contributed by atoms with Gasteiger partial charge in [-0.3, -0.25) is 0 Å². The molecular formula is C16H33NO. The summed E-state index contributed by atoms with van der Waals surface area (Å²) in [5, 5.41) is 14.1. The van der Waals surface area contributed by atoms with Gasteiger partial charge in [0.1, 0.15) is 0 Å². The molecule has 3 atom stereocenters. The monoisotopic (exact) mass is 255 g/mol. The maximum Gasteiger partial charge on any atom is 0.0660 e. The average molecular weight is 255 g/mol. The van der Waals surface area contributed by atoms with Gasteiger partial charge in [0, 0.05) is 0 Å². The Labute approximate surface area is 114 Å². The van der Waals surface area contributed by atoms with E-state index in [0.29, 0.717) is 11.8 Å². The van der Waals surface area contributed by atoms with Gasteiger partial charge in [-0.25, -0.2) is 0 Å². The van der Waals surface area contributed by atoms with Crippen LogP contribution in [0.2, 0.25) is 0 Å². The van der Waals surface area contributed by atoms with Gasteiger partial charge in [-0.05, 0) is 57.0 Å². The van der Waals surface area contributed by atoms with Gasteiger partial charge in [0.25, 0.3) is 0 Å². The molecule has 0 aromatic carbocycles. The lowest BCUT2D eigenvalue weighted by Crippen LogP contribution is -2.40. The second-order valence-electron chi connectivity index (χ2n) is 6.84. The standard InChI is InChI=1S/C16H33NO/c1-5-14-7-6-8-15(11-14)16(4,18)9-10-17-12-13(2)3/h13-15,17-18H,5-12H2,1-4H3. The lowest BCUT2D eigenvalue weighted by molar-refractivity contribution is -0.0322.